The van der Waals surface area contributed by atoms with Crippen LogP contribution < -0.4 is 14.8 Å². The monoisotopic (exact) mass is 403 g/mol. The van der Waals surface area contributed by atoms with Crippen LogP contribution in [0.1, 0.15) is 25.3 Å². The number of hydrogen-bond acceptors (Lipinski definition) is 4. The van der Waals surface area contributed by atoms with Gasteiger partial charge in [-0.25, -0.2) is 4.79 Å². The quantitative estimate of drug-likeness (QED) is 0.311. The maximum atomic E-state index is 12.1. The summed E-state index contributed by atoms with van der Waals surface area (Å²) < 4.78 is 10.7. The topological polar surface area (TPSA) is 64.6 Å². The van der Waals surface area contributed by atoms with Crippen molar-refractivity contribution in [2.45, 2.75) is 26.2 Å². The average Bonchev–Trinajstić information content (AvgIpc) is 2.76. The maximum Gasteiger partial charge on any atom is 0.412 e. The van der Waals surface area contributed by atoms with Gasteiger partial charge in [-0.05, 0) is 47.4 Å². The molecule has 0 saturated carbocycles. The highest BCUT2D eigenvalue weighted by molar-refractivity contribution is 5.75. The second kappa shape index (κ2) is 10.8. The van der Waals surface area contributed by atoms with Crippen molar-refractivity contribution in [3.8, 4) is 22.6 Å². The van der Waals surface area contributed by atoms with Gasteiger partial charge in [0.2, 0.25) is 0 Å². The van der Waals surface area contributed by atoms with Crippen LogP contribution in [0.2, 0.25) is 0 Å². The fourth-order valence-electron chi connectivity index (χ4n) is 2.87. The molecule has 0 radical (unpaired) electrons. The number of carbonyl (C=O) groups excluding carboxylic acids is 2. The summed E-state index contributed by atoms with van der Waals surface area (Å²) in [5, 5.41) is 2.71. The van der Waals surface area contributed by atoms with E-state index in [1.165, 1.54) is 0 Å². The molecule has 0 heterocycles. The van der Waals surface area contributed by atoms with E-state index in [2.05, 4.69) is 12.2 Å². The summed E-state index contributed by atoms with van der Waals surface area (Å²) in [6, 6.07) is 24.1. The van der Waals surface area contributed by atoms with Crippen LogP contribution in [0, 0.1) is 0 Å². The van der Waals surface area contributed by atoms with E-state index in [-0.39, 0.29) is 12.4 Å². The Labute approximate surface area is 176 Å². The summed E-state index contributed by atoms with van der Waals surface area (Å²) in [5.41, 5.74) is 2.85. The van der Waals surface area contributed by atoms with Crippen LogP contribution in [0.25, 0.3) is 11.1 Å². The fraction of sp³-hybridized carbons (Fsp3) is 0.200. The van der Waals surface area contributed by atoms with E-state index in [1.54, 1.807) is 24.3 Å². The average molecular weight is 403 g/mol. The number of rotatable bonds is 8. The summed E-state index contributed by atoms with van der Waals surface area (Å²) in [6.07, 6.45) is 1.72. The first-order valence-corrected chi connectivity index (χ1v) is 10.0. The van der Waals surface area contributed by atoms with Gasteiger partial charge in [-0.1, -0.05) is 67.9 Å². The molecule has 0 aromatic heterocycles. The van der Waals surface area contributed by atoms with Crippen molar-refractivity contribution in [3.05, 3.63) is 84.4 Å². The maximum absolute atomic E-state index is 12.1. The highest BCUT2D eigenvalue weighted by Gasteiger charge is 2.08. The zero-order chi connectivity index (χ0) is 21.2. The van der Waals surface area contributed by atoms with Gasteiger partial charge in [-0.15, -0.1) is 0 Å². The third kappa shape index (κ3) is 6.48. The van der Waals surface area contributed by atoms with Gasteiger partial charge in [0, 0.05) is 6.54 Å². The lowest BCUT2D eigenvalue weighted by atomic mass is 10.1. The van der Waals surface area contributed by atoms with Crippen molar-refractivity contribution < 1.29 is 19.1 Å². The molecule has 3 aromatic rings. The first-order chi connectivity index (χ1) is 14.6. The Morgan fingerprint density at radius 1 is 0.767 bits per heavy atom. The van der Waals surface area contributed by atoms with E-state index in [0.29, 0.717) is 18.0 Å². The minimum atomic E-state index is -0.446. The highest BCUT2D eigenvalue weighted by atomic mass is 16.6. The number of unbranched alkanes of at least 4 members (excludes halogenated alkanes) is 1. The predicted molar refractivity (Wildman–Crippen MR) is 117 cm³/mol. The lowest BCUT2D eigenvalue weighted by Gasteiger charge is -2.08. The minimum absolute atomic E-state index is 0.232. The van der Waals surface area contributed by atoms with E-state index < -0.39 is 6.09 Å². The van der Waals surface area contributed by atoms with E-state index in [1.807, 2.05) is 54.6 Å². The highest BCUT2D eigenvalue weighted by Crippen LogP contribution is 2.25. The number of ether oxygens (including phenoxy) is 2. The third-order valence-electron chi connectivity index (χ3n) is 4.48. The van der Waals surface area contributed by atoms with Crippen LogP contribution in [-0.2, 0) is 11.2 Å². The molecule has 0 spiro atoms. The Balaban J connectivity index is 1.54. The second-order valence-electron chi connectivity index (χ2n) is 6.86. The number of hydrogen-bond donors (Lipinski definition) is 1. The van der Waals surface area contributed by atoms with Crippen LogP contribution in [0.5, 0.6) is 11.5 Å². The molecule has 154 valence electrons. The molecule has 3 rings (SSSR count). The van der Waals surface area contributed by atoms with Gasteiger partial charge < -0.3 is 14.8 Å². The SMILES string of the molecule is CCCCNC(=O)Oc1ccc(-c2ccc(OC(=O)Cc3ccccc3)cc2)cc1. The number of nitrogens with one attached hydrogen (secondary N) is 1. The van der Waals surface area contributed by atoms with Crippen molar-refractivity contribution in [3.63, 3.8) is 0 Å². The summed E-state index contributed by atoms with van der Waals surface area (Å²) in [6.45, 7) is 2.67. The van der Waals surface area contributed by atoms with Crippen molar-refractivity contribution in [1.82, 2.24) is 5.32 Å². The van der Waals surface area contributed by atoms with E-state index in [4.69, 9.17) is 9.47 Å². The zero-order valence-corrected chi connectivity index (χ0v) is 17.0. The molecule has 0 unspecified atom stereocenters. The van der Waals surface area contributed by atoms with Crippen LogP contribution in [0.15, 0.2) is 78.9 Å². The lowest BCUT2D eigenvalue weighted by molar-refractivity contribution is -0.133. The van der Waals surface area contributed by atoms with Gasteiger partial charge in [-0.2, -0.15) is 0 Å². The molecule has 5 heteroatoms. The number of esters is 1. The molecule has 0 saturated heterocycles. The van der Waals surface area contributed by atoms with Gasteiger partial charge in [0.05, 0.1) is 6.42 Å². The Kier molecular flexibility index (Phi) is 7.61. The number of amides is 1. The predicted octanol–water partition coefficient (Wildman–Crippen LogP) is 5.39. The second-order valence-corrected chi connectivity index (χ2v) is 6.86. The van der Waals surface area contributed by atoms with E-state index >= 15 is 0 Å². The smallest absolute Gasteiger partial charge is 0.412 e. The fourth-order valence-corrected chi connectivity index (χ4v) is 2.87. The molecule has 0 atom stereocenters. The molecule has 5 nitrogen and oxygen atoms in total. The Bertz CT molecular complexity index is 951. The van der Waals surface area contributed by atoms with E-state index in [9.17, 15) is 9.59 Å². The van der Waals surface area contributed by atoms with Crippen molar-refractivity contribution in [2.75, 3.05) is 6.54 Å². The Morgan fingerprint density at radius 2 is 1.33 bits per heavy atom. The third-order valence-corrected chi connectivity index (χ3v) is 4.48. The summed E-state index contributed by atoms with van der Waals surface area (Å²) in [7, 11) is 0. The van der Waals surface area contributed by atoms with Gasteiger partial charge in [0.1, 0.15) is 11.5 Å². The van der Waals surface area contributed by atoms with Crippen LogP contribution in [0.3, 0.4) is 0 Å². The molecule has 1 N–H and O–H groups in total. The van der Waals surface area contributed by atoms with Crippen LogP contribution in [0.4, 0.5) is 4.79 Å². The molecule has 1 amide bonds. The molecular formula is C25H25NO4. The van der Waals surface area contributed by atoms with Crippen molar-refractivity contribution in [1.29, 1.82) is 0 Å². The van der Waals surface area contributed by atoms with Gasteiger partial charge in [0.25, 0.3) is 0 Å². The van der Waals surface area contributed by atoms with Crippen molar-refractivity contribution in [2.24, 2.45) is 0 Å². The summed E-state index contributed by atoms with van der Waals surface area (Å²) in [4.78, 5) is 23.8. The standard InChI is InChI=1S/C25H25NO4/c1-2-3-17-26-25(28)30-23-15-11-21(12-16-23)20-9-13-22(14-10-20)29-24(27)18-19-7-5-4-6-8-19/h4-16H,2-3,17-18H2,1H3,(H,26,28). The van der Waals surface area contributed by atoms with Crippen LogP contribution in [-0.4, -0.2) is 18.6 Å². The number of benzene rings is 3. The molecule has 0 bridgehead atoms. The first-order valence-electron chi connectivity index (χ1n) is 10.0. The molecule has 3 aromatic carbocycles. The molecule has 0 fully saturated rings. The van der Waals surface area contributed by atoms with E-state index in [0.717, 1.165) is 29.5 Å². The Morgan fingerprint density at radius 3 is 1.90 bits per heavy atom. The Hall–Kier alpha value is -3.60. The minimum Gasteiger partial charge on any atom is -0.426 e. The first kappa shape index (κ1) is 21.1. The van der Waals surface area contributed by atoms with Gasteiger partial charge >= 0.3 is 12.1 Å². The lowest BCUT2D eigenvalue weighted by Crippen LogP contribution is -2.27. The molecule has 0 aliphatic carbocycles. The molecule has 0 aliphatic heterocycles. The molecule has 0 aliphatic rings. The summed E-state index contributed by atoms with van der Waals surface area (Å²) >= 11 is 0. The van der Waals surface area contributed by atoms with Crippen LogP contribution >= 0.6 is 0 Å². The van der Waals surface area contributed by atoms with Gasteiger partial charge in [-0.3, -0.25) is 4.79 Å². The van der Waals surface area contributed by atoms with Gasteiger partial charge in [0.15, 0.2) is 0 Å². The number of carbonyl (C=O) groups is 2. The largest absolute Gasteiger partial charge is 0.426 e. The van der Waals surface area contributed by atoms with Crippen molar-refractivity contribution >= 4 is 12.1 Å². The summed E-state index contributed by atoms with van der Waals surface area (Å²) in [5.74, 6) is 0.690. The zero-order valence-electron chi connectivity index (χ0n) is 17.0. The molecular weight excluding hydrogens is 378 g/mol. The normalized spacial score (nSPS) is 10.3. The molecule has 30 heavy (non-hydrogen) atoms.